The van der Waals surface area contributed by atoms with Crippen molar-refractivity contribution in [2.75, 3.05) is 33.7 Å². The smallest absolute Gasteiger partial charge is 0.116 e. The molecule has 4 nitrogen and oxygen atoms in total. The fourth-order valence-corrected chi connectivity index (χ4v) is 3.14. The molecule has 2 aliphatic heterocycles. The summed E-state index contributed by atoms with van der Waals surface area (Å²) in [4.78, 5) is 4.64. The van der Waals surface area contributed by atoms with Crippen LogP contribution in [0, 0.1) is 0 Å². The molecule has 0 saturated carbocycles. The first-order chi connectivity index (χ1) is 7.68. The summed E-state index contributed by atoms with van der Waals surface area (Å²) in [6.45, 7) is 2.83. The van der Waals surface area contributed by atoms with Crippen LogP contribution in [-0.2, 0) is 0 Å². The van der Waals surface area contributed by atoms with Crippen molar-refractivity contribution < 1.29 is 5.21 Å². The molecule has 0 unspecified atom stereocenters. The lowest BCUT2D eigenvalue weighted by molar-refractivity contribution is -0.0356. The molecule has 0 aromatic rings. The van der Waals surface area contributed by atoms with Crippen molar-refractivity contribution in [3.8, 4) is 0 Å². The number of hydrogen-bond acceptors (Lipinski definition) is 5. The molecule has 2 rings (SSSR count). The van der Waals surface area contributed by atoms with Crippen molar-refractivity contribution >= 4 is 11.8 Å². The number of nitrogens with zero attached hydrogens (tertiary/aromatic N) is 3. The van der Waals surface area contributed by atoms with Crippen molar-refractivity contribution in [1.29, 1.82) is 0 Å². The number of allylic oxidation sites excluding steroid dienone is 2. The lowest BCUT2D eigenvalue weighted by Gasteiger charge is -2.40. The lowest BCUT2D eigenvalue weighted by atomic mass is 10.3. The Bertz CT molecular complexity index is 296. The normalized spacial score (nSPS) is 24.9. The second-order valence-corrected chi connectivity index (χ2v) is 5.35. The van der Waals surface area contributed by atoms with E-state index in [0.717, 1.165) is 18.1 Å². The molecule has 0 aromatic heterocycles. The van der Waals surface area contributed by atoms with E-state index in [0.29, 0.717) is 12.0 Å². The molecular weight excluding hydrogens is 222 g/mol. The summed E-state index contributed by atoms with van der Waals surface area (Å²) in [5.74, 6) is 0. The van der Waals surface area contributed by atoms with Crippen LogP contribution in [0.3, 0.4) is 0 Å². The molecule has 0 bridgehead atoms. The average Bonchev–Trinajstić information content (AvgIpc) is 2.26. The second kappa shape index (κ2) is 5.23. The Balaban J connectivity index is 2.01. The van der Waals surface area contributed by atoms with E-state index in [-0.39, 0.29) is 0 Å². The van der Waals surface area contributed by atoms with Crippen LogP contribution in [0.2, 0.25) is 0 Å². The van der Waals surface area contributed by atoms with Crippen LogP contribution in [0.5, 0.6) is 0 Å². The fourth-order valence-electron chi connectivity index (χ4n) is 2.00. The summed E-state index contributed by atoms with van der Waals surface area (Å²) in [7, 11) is 4.27. The van der Waals surface area contributed by atoms with Crippen molar-refractivity contribution in [2.45, 2.75) is 11.9 Å². The molecule has 1 saturated heterocycles. The van der Waals surface area contributed by atoms with Crippen LogP contribution in [-0.4, -0.2) is 59.3 Å². The zero-order valence-corrected chi connectivity index (χ0v) is 10.7. The molecule has 0 aromatic carbocycles. The van der Waals surface area contributed by atoms with Crippen molar-refractivity contribution in [3.63, 3.8) is 0 Å². The molecule has 0 atom stereocenters. The molecule has 0 aliphatic carbocycles. The Morgan fingerprint density at radius 3 is 2.62 bits per heavy atom. The molecule has 2 heterocycles. The minimum atomic E-state index is 0.321. The third-order valence-corrected chi connectivity index (χ3v) is 4.43. The Hall–Kier alpha value is -0.490. The highest BCUT2D eigenvalue weighted by Crippen LogP contribution is 2.30. The van der Waals surface area contributed by atoms with Crippen molar-refractivity contribution in [3.05, 3.63) is 23.3 Å². The van der Waals surface area contributed by atoms with E-state index in [1.807, 2.05) is 18.2 Å². The van der Waals surface area contributed by atoms with Gasteiger partial charge in [0.1, 0.15) is 5.50 Å². The molecule has 2 aliphatic rings. The van der Waals surface area contributed by atoms with Gasteiger partial charge in [-0.2, -0.15) is 0 Å². The van der Waals surface area contributed by atoms with Gasteiger partial charge in [0, 0.05) is 13.1 Å². The molecular formula is C11H19N3OS. The first-order valence-electron chi connectivity index (χ1n) is 5.59. The van der Waals surface area contributed by atoms with E-state index in [1.165, 1.54) is 11.5 Å². The quantitative estimate of drug-likeness (QED) is 0.789. The molecule has 0 radical (unpaired) electrons. The number of rotatable bonds is 2. The third-order valence-electron chi connectivity index (χ3n) is 2.91. The maximum atomic E-state index is 9.73. The maximum absolute atomic E-state index is 9.73. The molecule has 1 fully saturated rings. The zero-order chi connectivity index (χ0) is 11.5. The highest BCUT2D eigenvalue weighted by molar-refractivity contribution is 8.03. The van der Waals surface area contributed by atoms with E-state index < -0.39 is 0 Å². The average molecular weight is 241 g/mol. The van der Waals surface area contributed by atoms with Gasteiger partial charge in [0.15, 0.2) is 0 Å². The summed E-state index contributed by atoms with van der Waals surface area (Å²) < 4.78 is 0. The number of hydrogen-bond donors (Lipinski definition) is 1. The van der Waals surface area contributed by atoms with E-state index in [1.54, 1.807) is 11.8 Å². The largest absolute Gasteiger partial charge is 0.288 e. The summed E-state index contributed by atoms with van der Waals surface area (Å²) in [5, 5.41) is 12.0. The van der Waals surface area contributed by atoms with Crippen LogP contribution < -0.4 is 0 Å². The Kier molecular flexibility index (Phi) is 3.91. The van der Waals surface area contributed by atoms with Gasteiger partial charge in [0.05, 0.1) is 11.6 Å². The van der Waals surface area contributed by atoms with Gasteiger partial charge in [-0.15, -0.1) is 0 Å². The lowest BCUT2D eigenvalue weighted by Crippen LogP contribution is -2.48. The monoisotopic (exact) mass is 241 g/mol. The first kappa shape index (κ1) is 12.0. The summed E-state index contributed by atoms with van der Waals surface area (Å²) >= 11 is 1.70. The number of thioether (sulfide) groups is 1. The van der Waals surface area contributed by atoms with Gasteiger partial charge in [-0.1, -0.05) is 23.9 Å². The maximum Gasteiger partial charge on any atom is 0.116 e. The molecule has 0 amide bonds. The predicted octanol–water partition coefficient (Wildman–Crippen LogP) is 1.37. The van der Waals surface area contributed by atoms with Crippen LogP contribution in [0.25, 0.3) is 0 Å². The third kappa shape index (κ3) is 2.60. The minimum absolute atomic E-state index is 0.321. The van der Waals surface area contributed by atoms with E-state index in [2.05, 4.69) is 23.9 Å². The second-order valence-electron chi connectivity index (χ2n) is 4.27. The molecule has 1 N–H and O–H groups in total. The Morgan fingerprint density at radius 1 is 1.31 bits per heavy atom. The highest BCUT2D eigenvalue weighted by Gasteiger charge is 2.26. The van der Waals surface area contributed by atoms with Gasteiger partial charge >= 0.3 is 0 Å². The SMILES string of the molecule is CN1CCCN(C)C1SC1=CC=CCN1O. The highest BCUT2D eigenvalue weighted by atomic mass is 32.2. The standard InChI is InChI=1S/C11H19N3OS/c1-12-7-5-8-13(2)11(12)16-10-6-3-4-9-14(10)15/h3-4,6,11,15H,5,7-9H2,1-2H3. The van der Waals surface area contributed by atoms with E-state index in [9.17, 15) is 5.21 Å². The molecule has 90 valence electrons. The van der Waals surface area contributed by atoms with Gasteiger partial charge in [-0.25, -0.2) is 5.06 Å². The summed E-state index contributed by atoms with van der Waals surface area (Å²) in [5.41, 5.74) is 0.321. The van der Waals surface area contributed by atoms with Gasteiger partial charge in [0.25, 0.3) is 0 Å². The molecule has 16 heavy (non-hydrogen) atoms. The van der Waals surface area contributed by atoms with Crippen molar-refractivity contribution in [2.24, 2.45) is 0 Å². The Labute approximate surface area is 101 Å². The number of hydroxylamine groups is 2. The van der Waals surface area contributed by atoms with Crippen molar-refractivity contribution in [1.82, 2.24) is 14.9 Å². The van der Waals surface area contributed by atoms with Gasteiger partial charge in [0.2, 0.25) is 0 Å². The minimum Gasteiger partial charge on any atom is -0.288 e. The van der Waals surface area contributed by atoms with Crippen LogP contribution >= 0.6 is 11.8 Å². The zero-order valence-electron chi connectivity index (χ0n) is 9.83. The first-order valence-corrected chi connectivity index (χ1v) is 6.47. The van der Waals surface area contributed by atoms with Crippen LogP contribution in [0.4, 0.5) is 0 Å². The van der Waals surface area contributed by atoms with Gasteiger partial charge < -0.3 is 0 Å². The fraction of sp³-hybridized carbons (Fsp3) is 0.636. The Morgan fingerprint density at radius 2 is 2.00 bits per heavy atom. The van der Waals surface area contributed by atoms with E-state index >= 15 is 0 Å². The summed E-state index contributed by atoms with van der Waals surface area (Å²) in [6.07, 6.45) is 7.12. The van der Waals surface area contributed by atoms with Crippen LogP contribution in [0.15, 0.2) is 23.3 Å². The van der Waals surface area contributed by atoms with Crippen LogP contribution in [0.1, 0.15) is 6.42 Å². The van der Waals surface area contributed by atoms with Gasteiger partial charge in [-0.3, -0.25) is 15.0 Å². The van der Waals surface area contributed by atoms with Gasteiger partial charge in [-0.05, 0) is 26.6 Å². The predicted molar refractivity (Wildman–Crippen MR) is 67.0 cm³/mol. The summed E-state index contributed by atoms with van der Waals surface area (Å²) in [6, 6.07) is 0. The molecule has 0 spiro atoms. The van der Waals surface area contributed by atoms with E-state index in [4.69, 9.17) is 0 Å². The molecule has 5 heteroatoms. The topological polar surface area (TPSA) is 30.0 Å².